The Morgan fingerprint density at radius 1 is 0.254 bits per heavy atom. The molecule has 4 heterocycles. The first kappa shape index (κ1) is 41.9. The van der Waals surface area contributed by atoms with E-state index in [-0.39, 0.29) is 0 Å². The second-order valence-corrected chi connectivity index (χ2v) is 18.7. The molecule has 13 aromatic rings. The van der Waals surface area contributed by atoms with Gasteiger partial charge in [0.1, 0.15) is 0 Å². The summed E-state index contributed by atoms with van der Waals surface area (Å²) in [6.07, 6.45) is 0. The van der Waals surface area contributed by atoms with E-state index in [1.807, 2.05) is 59.9 Å². The number of hydrogen-bond acceptors (Lipinski definition) is 6. The third kappa shape index (κ3) is 8.12. The lowest BCUT2D eigenvalue weighted by atomic mass is 9.95. The van der Waals surface area contributed by atoms with Crippen molar-refractivity contribution in [3.63, 3.8) is 0 Å². The van der Waals surface area contributed by atoms with Gasteiger partial charge in [-0.1, -0.05) is 206 Å². The van der Waals surface area contributed by atoms with Crippen LogP contribution in [0.1, 0.15) is 0 Å². The van der Waals surface area contributed by atoms with Crippen molar-refractivity contribution in [2.75, 3.05) is 0 Å². The molecular weight excluding hydrogens is 883 g/mol. The Bertz CT molecular complexity index is 3880. The molecule has 0 atom stereocenters. The van der Waals surface area contributed by atoms with E-state index >= 15 is 0 Å². The second kappa shape index (κ2) is 18.0. The van der Waals surface area contributed by atoms with Gasteiger partial charge in [0.05, 0.1) is 34.0 Å². The number of fused-ring (bicyclic) bond motifs is 5. The number of thiophene rings is 1. The minimum Gasteiger partial charge on any atom is -0.247 e. The van der Waals surface area contributed by atoms with Gasteiger partial charge in [0.25, 0.3) is 0 Å². The van der Waals surface area contributed by atoms with Crippen LogP contribution in [0.15, 0.2) is 249 Å². The van der Waals surface area contributed by atoms with Crippen LogP contribution in [0.3, 0.4) is 0 Å². The fraction of sp³-hybridized carbons (Fsp3) is 0. The van der Waals surface area contributed by atoms with Crippen molar-refractivity contribution >= 4 is 42.4 Å². The van der Waals surface area contributed by atoms with Gasteiger partial charge in [-0.3, -0.25) is 0 Å². The van der Waals surface area contributed by atoms with Gasteiger partial charge in [-0.05, 0) is 64.7 Å². The molecule has 0 bridgehead atoms. The molecule has 4 aromatic heterocycles. The topological polar surface area (TPSA) is 64.5 Å². The fourth-order valence-electron chi connectivity index (χ4n) is 9.53. The highest BCUT2D eigenvalue weighted by Crippen LogP contribution is 2.45. The first-order valence-corrected chi connectivity index (χ1v) is 24.5. The Balaban J connectivity index is 1.05. The van der Waals surface area contributed by atoms with Crippen LogP contribution in [0.25, 0.3) is 132 Å². The van der Waals surface area contributed by atoms with E-state index < -0.39 is 0 Å². The van der Waals surface area contributed by atoms with Crippen LogP contribution >= 0.6 is 11.3 Å². The number of rotatable bonds is 9. The molecule has 0 amide bonds. The Kier molecular flexibility index (Phi) is 10.6. The molecule has 332 valence electrons. The van der Waals surface area contributed by atoms with Crippen molar-refractivity contribution in [2.24, 2.45) is 0 Å². The summed E-state index contributed by atoms with van der Waals surface area (Å²) in [6.45, 7) is 0. The standard InChI is InChI=1S/C65H41N5S/c1-5-17-42(18-6-1)44-29-33-46(34-30-44)56-40-58(69-64(67-56)48-21-9-3-10-22-48)50-37-51(39-52(38-50)62-61-54-26-14-16-28-60(54)71-63(61)53-25-13-15-27-55(53)66-62)59-41-57(68-65(70-59)49-23-11-4-12-24-49)47-35-31-45(32-36-47)43-19-7-2-8-20-43/h1-41H. The lowest BCUT2D eigenvalue weighted by Gasteiger charge is -2.15. The van der Waals surface area contributed by atoms with Gasteiger partial charge in [0.15, 0.2) is 11.6 Å². The molecule has 6 heteroatoms. The summed E-state index contributed by atoms with van der Waals surface area (Å²) in [5.41, 5.74) is 16.3. The minimum atomic E-state index is 0.641. The zero-order chi connectivity index (χ0) is 47.1. The summed E-state index contributed by atoms with van der Waals surface area (Å²) >= 11 is 1.82. The van der Waals surface area contributed by atoms with Gasteiger partial charge in [-0.25, -0.2) is 24.9 Å². The normalized spacial score (nSPS) is 11.4. The van der Waals surface area contributed by atoms with Gasteiger partial charge in [0, 0.05) is 64.5 Å². The van der Waals surface area contributed by atoms with Crippen LogP contribution in [0.5, 0.6) is 0 Å². The maximum atomic E-state index is 5.53. The zero-order valence-corrected chi connectivity index (χ0v) is 39.1. The number of pyridine rings is 1. The lowest BCUT2D eigenvalue weighted by molar-refractivity contribution is 1.18. The summed E-state index contributed by atoms with van der Waals surface area (Å²) in [7, 11) is 0. The van der Waals surface area contributed by atoms with Crippen LogP contribution in [0.2, 0.25) is 0 Å². The number of nitrogens with zero attached hydrogens (tertiary/aromatic N) is 5. The smallest absolute Gasteiger partial charge is 0.160 e. The van der Waals surface area contributed by atoms with Crippen LogP contribution in [-0.4, -0.2) is 24.9 Å². The quantitative estimate of drug-likeness (QED) is 0.144. The molecule has 13 rings (SSSR count). The van der Waals surface area contributed by atoms with E-state index in [0.29, 0.717) is 11.6 Å². The van der Waals surface area contributed by atoms with Crippen LogP contribution < -0.4 is 0 Å². The predicted molar refractivity (Wildman–Crippen MR) is 295 cm³/mol. The first-order valence-electron chi connectivity index (χ1n) is 23.7. The summed E-state index contributed by atoms with van der Waals surface area (Å²) in [5.74, 6) is 1.28. The Labute approximate surface area is 415 Å². The van der Waals surface area contributed by atoms with Crippen LogP contribution in [0.4, 0.5) is 0 Å². The molecule has 0 saturated carbocycles. The summed E-state index contributed by atoms with van der Waals surface area (Å²) in [4.78, 5) is 26.8. The van der Waals surface area contributed by atoms with Gasteiger partial charge in [-0.15, -0.1) is 11.3 Å². The number of para-hydroxylation sites is 1. The van der Waals surface area contributed by atoms with Crippen molar-refractivity contribution in [1.82, 2.24) is 24.9 Å². The van der Waals surface area contributed by atoms with Crippen molar-refractivity contribution < 1.29 is 0 Å². The molecule has 0 radical (unpaired) electrons. The van der Waals surface area contributed by atoms with Gasteiger partial charge in [0.2, 0.25) is 0 Å². The van der Waals surface area contributed by atoms with Crippen molar-refractivity contribution in [1.29, 1.82) is 0 Å². The summed E-state index contributed by atoms with van der Waals surface area (Å²) in [5, 5.41) is 3.45. The predicted octanol–water partition coefficient (Wildman–Crippen LogP) is 17.2. The Morgan fingerprint density at radius 3 is 1.11 bits per heavy atom. The molecule has 0 spiro atoms. The zero-order valence-electron chi connectivity index (χ0n) is 38.3. The van der Waals surface area contributed by atoms with E-state index in [1.165, 1.54) is 25.9 Å². The SMILES string of the molecule is c1ccc(-c2ccc(-c3cc(-c4cc(-c5cc(-c6ccc(-c7ccccc7)cc6)nc(-c6ccccc6)n5)cc(-c5nc6ccccc6c6sc7ccccc7c56)c4)nc(-c4ccccc4)n3)cc2)cc1. The Morgan fingerprint density at radius 2 is 0.620 bits per heavy atom. The number of hydrogen-bond donors (Lipinski definition) is 0. The number of aromatic nitrogens is 5. The van der Waals surface area contributed by atoms with Crippen LogP contribution in [-0.2, 0) is 0 Å². The molecular formula is C65H41N5S. The minimum absolute atomic E-state index is 0.641. The van der Waals surface area contributed by atoms with E-state index in [4.69, 9.17) is 24.9 Å². The highest BCUT2D eigenvalue weighted by atomic mass is 32.1. The van der Waals surface area contributed by atoms with Crippen LogP contribution in [0, 0.1) is 0 Å². The molecule has 0 aliphatic heterocycles. The van der Waals surface area contributed by atoms with Gasteiger partial charge < -0.3 is 0 Å². The van der Waals surface area contributed by atoms with E-state index in [2.05, 4.69) is 200 Å². The summed E-state index contributed by atoms with van der Waals surface area (Å²) < 4.78 is 2.43. The number of benzene rings is 9. The largest absolute Gasteiger partial charge is 0.247 e. The maximum Gasteiger partial charge on any atom is 0.160 e. The van der Waals surface area contributed by atoms with E-state index in [9.17, 15) is 0 Å². The average molecular weight is 924 g/mol. The fourth-order valence-corrected chi connectivity index (χ4v) is 10.8. The molecule has 0 N–H and O–H groups in total. The third-order valence-electron chi connectivity index (χ3n) is 13.1. The molecule has 71 heavy (non-hydrogen) atoms. The van der Waals surface area contributed by atoms with Crippen molar-refractivity contribution in [3.8, 4) is 101 Å². The molecule has 0 aliphatic rings. The van der Waals surface area contributed by atoms with Crippen molar-refractivity contribution in [2.45, 2.75) is 0 Å². The molecule has 9 aromatic carbocycles. The molecule has 0 unspecified atom stereocenters. The maximum absolute atomic E-state index is 5.53. The van der Waals surface area contributed by atoms with Gasteiger partial charge >= 0.3 is 0 Å². The first-order chi connectivity index (χ1) is 35.1. The molecule has 0 saturated heterocycles. The average Bonchev–Trinajstić information content (AvgIpc) is 3.86. The molecule has 5 nitrogen and oxygen atoms in total. The highest BCUT2D eigenvalue weighted by molar-refractivity contribution is 7.26. The molecule has 0 aliphatic carbocycles. The van der Waals surface area contributed by atoms with Gasteiger partial charge in [-0.2, -0.15) is 0 Å². The molecule has 0 fully saturated rings. The monoisotopic (exact) mass is 923 g/mol. The van der Waals surface area contributed by atoms with E-state index in [1.54, 1.807) is 0 Å². The highest BCUT2D eigenvalue weighted by Gasteiger charge is 2.21. The Hall–Kier alpha value is -9.23. The second-order valence-electron chi connectivity index (χ2n) is 17.6. The summed E-state index contributed by atoms with van der Waals surface area (Å²) in [6, 6.07) is 86.8. The van der Waals surface area contributed by atoms with Crippen molar-refractivity contribution in [3.05, 3.63) is 249 Å². The van der Waals surface area contributed by atoms with E-state index in [0.717, 1.165) is 94.8 Å². The lowest BCUT2D eigenvalue weighted by Crippen LogP contribution is -1.99. The third-order valence-corrected chi connectivity index (χ3v) is 14.3.